The van der Waals surface area contributed by atoms with E-state index in [0.717, 1.165) is 43.1 Å². The molecule has 112 valence electrons. The molecule has 0 aliphatic carbocycles. The topological polar surface area (TPSA) is 43.2 Å². The van der Waals surface area contributed by atoms with Crippen LogP contribution in [-0.4, -0.2) is 46.3 Å². The van der Waals surface area contributed by atoms with Crippen LogP contribution in [0, 0.1) is 0 Å². The molecular formula is C15H20N4OS. The summed E-state index contributed by atoms with van der Waals surface area (Å²) in [6.45, 7) is 7.55. The number of hydrogen-bond donors (Lipinski definition) is 0. The third-order valence-electron chi connectivity index (χ3n) is 3.27. The molecule has 5 nitrogen and oxygen atoms in total. The van der Waals surface area contributed by atoms with Crippen LogP contribution in [0.2, 0.25) is 0 Å². The van der Waals surface area contributed by atoms with E-state index in [1.165, 1.54) is 0 Å². The summed E-state index contributed by atoms with van der Waals surface area (Å²) in [7, 11) is 0. The van der Waals surface area contributed by atoms with Crippen molar-refractivity contribution in [2.45, 2.75) is 24.3 Å². The molecule has 1 aliphatic rings. The zero-order valence-electron chi connectivity index (χ0n) is 12.4. The fourth-order valence-electron chi connectivity index (χ4n) is 2.32. The average Bonchev–Trinajstić information content (AvgIpc) is 2.92. The second-order valence-electron chi connectivity index (χ2n) is 5.22. The van der Waals surface area contributed by atoms with Gasteiger partial charge in [0.2, 0.25) is 5.95 Å². The Kier molecular flexibility index (Phi) is 4.45. The van der Waals surface area contributed by atoms with E-state index in [2.05, 4.69) is 45.6 Å². The molecule has 21 heavy (non-hydrogen) atoms. The van der Waals surface area contributed by atoms with E-state index in [1.54, 1.807) is 11.8 Å². The molecule has 3 rings (SSSR count). The Hall–Kier alpha value is -1.53. The number of thioether (sulfide) groups is 1. The Labute approximate surface area is 129 Å². The highest BCUT2D eigenvalue weighted by Crippen LogP contribution is 2.29. The molecular weight excluding hydrogens is 284 g/mol. The van der Waals surface area contributed by atoms with Crippen molar-refractivity contribution in [3.05, 3.63) is 30.3 Å². The summed E-state index contributed by atoms with van der Waals surface area (Å²) < 4.78 is 7.58. The van der Waals surface area contributed by atoms with E-state index in [4.69, 9.17) is 4.74 Å². The van der Waals surface area contributed by atoms with Gasteiger partial charge in [-0.2, -0.15) is 0 Å². The monoisotopic (exact) mass is 304 g/mol. The van der Waals surface area contributed by atoms with E-state index in [1.807, 2.05) is 18.2 Å². The molecule has 1 saturated heterocycles. The van der Waals surface area contributed by atoms with Crippen molar-refractivity contribution in [3.63, 3.8) is 0 Å². The lowest BCUT2D eigenvalue weighted by Crippen LogP contribution is -2.37. The third-order valence-corrected chi connectivity index (χ3v) is 4.21. The summed E-state index contributed by atoms with van der Waals surface area (Å²) in [6.07, 6.45) is 0. The highest BCUT2D eigenvalue weighted by molar-refractivity contribution is 7.99. The van der Waals surface area contributed by atoms with Crippen LogP contribution in [0.4, 0.5) is 5.95 Å². The first-order valence-corrected chi connectivity index (χ1v) is 8.14. The molecule has 1 aromatic heterocycles. The SMILES string of the molecule is CC(C)Sc1nnc(N2CCOCC2)n1-c1ccccc1. The van der Waals surface area contributed by atoms with E-state index >= 15 is 0 Å². The lowest BCUT2D eigenvalue weighted by Gasteiger charge is -2.28. The second-order valence-corrected chi connectivity index (χ2v) is 6.76. The van der Waals surface area contributed by atoms with Gasteiger partial charge in [0.05, 0.1) is 18.9 Å². The number of hydrogen-bond acceptors (Lipinski definition) is 5. The van der Waals surface area contributed by atoms with Crippen LogP contribution < -0.4 is 4.90 Å². The molecule has 1 fully saturated rings. The summed E-state index contributed by atoms with van der Waals surface area (Å²) >= 11 is 1.74. The van der Waals surface area contributed by atoms with Crippen LogP contribution in [-0.2, 0) is 4.74 Å². The van der Waals surface area contributed by atoms with Gasteiger partial charge < -0.3 is 9.64 Å². The number of para-hydroxylation sites is 1. The minimum absolute atomic E-state index is 0.467. The number of rotatable bonds is 4. The van der Waals surface area contributed by atoms with Gasteiger partial charge in [-0.05, 0) is 12.1 Å². The lowest BCUT2D eigenvalue weighted by molar-refractivity contribution is 0.122. The maximum atomic E-state index is 5.43. The summed E-state index contributed by atoms with van der Waals surface area (Å²) in [4.78, 5) is 2.24. The van der Waals surface area contributed by atoms with Crippen molar-refractivity contribution in [2.75, 3.05) is 31.2 Å². The highest BCUT2D eigenvalue weighted by Gasteiger charge is 2.22. The minimum Gasteiger partial charge on any atom is -0.378 e. The van der Waals surface area contributed by atoms with Gasteiger partial charge in [-0.15, -0.1) is 10.2 Å². The predicted octanol–water partition coefficient (Wildman–Crippen LogP) is 2.60. The van der Waals surface area contributed by atoms with E-state index in [0.29, 0.717) is 5.25 Å². The maximum Gasteiger partial charge on any atom is 0.232 e. The third kappa shape index (κ3) is 3.22. The molecule has 2 aromatic rings. The first kappa shape index (κ1) is 14.4. The summed E-state index contributed by atoms with van der Waals surface area (Å²) in [6, 6.07) is 10.3. The van der Waals surface area contributed by atoms with Gasteiger partial charge in [0.1, 0.15) is 0 Å². The molecule has 0 N–H and O–H groups in total. The lowest BCUT2D eigenvalue weighted by atomic mass is 10.3. The number of morpholine rings is 1. The summed E-state index contributed by atoms with van der Waals surface area (Å²) in [5.74, 6) is 0.910. The molecule has 0 unspecified atom stereocenters. The normalized spacial score (nSPS) is 15.7. The number of aromatic nitrogens is 3. The van der Waals surface area contributed by atoms with E-state index < -0.39 is 0 Å². The Balaban J connectivity index is 2.01. The van der Waals surface area contributed by atoms with Crippen molar-refractivity contribution >= 4 is 17.7 Å². The highest BCUT2D eigenvalue weighted by atomic mass is 32.2. The quantitative estimate of drug-likeness (QED) is 0.812. The molecule has 6 heteroatoms. The Bertz CT molecular complexity index is 579. The van der Waals surface area contributed by atoms with Gasteiger partial charge in [0, 0.05) is 18.3 Å². The maximum absolute atomic E-state index is 5.43. The second kappa shape index (κ2) is 6.49. The first-order valence-electron chi connectivity index (χ1n) is 7.26. The van der Waals surface area contributed by atoms with Crippen LogP contribution in [0.3, 0.4) is 0 Å². The van der Waals surface area contributed by atoms with Crippen molar-refractivity contribution in [1.29, 1.82) is 0 Å². The summed E-state index contributed by atoms with van der Waals surface area (Å²) in [5.41, 5.74) is 1.10. The number of nitrogens with zero attached hydrogens (tertiary/aromatic N) is 4. The van der Waals surface area contributed by atoms with Crippen molar-refractivity contribution in [1.82, 2.24) is 14.8 Å². The van der Waals surface area contributed by atoms with Gasteiger partial charge in [0.15, 0.2) is 5.16 Å². The number of benzene rings is 1. The van der Waals surface area contributed by atoms with Crippen LogP contribution in [0.1, 0.15) is 13.8 Å². The number of ether oxygens (including phenoxy) is 1. The molecule has 0 radical (unpaired) electrons. The largest absolute Gasteiger partial charge is 0.378 e. The van der Waals surface area contributed by atoms with Crippen molar-refractivity contribution in [2.24, 2.45) is 0 Å². The number of anilines is 1. The predicted molar refractivity (Wildman–Crippen MR) is 85.4 cm³/mol. The van der Waals surface area contributed by atoms with E-state index in [-0.39, 0.29) is 0 Å². The molecule has 0 bridgehead atoms. The fraction of sp³-hybridized carbons (Fsp3) is 0.467. The smallest absolute Gasteiger partial charge is 0.232 e. The first-order chi connectivity index (χ1) is 10.3. The van der Waals surface area contributed by atoms with Crippen molar-refractivity contribution < 1.29 is 4.74 Å². The van der Waals surface area contributed by atoms with Gasteiger partial charge in [-0.25, -0.2) is 0 Å². The van der Waals surface area contributed by atoms with Crippen LogP contribution in [0.15, 0.2) is 35.5 Å². The molecule has 0 atom stereocenters. The Morgan fingerprint density at radius 3 is 2.48 bits per heavy atom. The summed E-state index contributed by atoms with van der Waals surface area (Å²) in [5, 5.41) is 10.2. The average molecular weight is 304 g/mol. The van der Waals surface area contributed by atoms with E-state index in [9.17, 15) is 0 Å². The van der Waals surface area contributed by atoms with Crippen LogP contribution >= 0.6 is 11.8 Å². The van der Waals surface area contributed by atoms with Crippen molar-refractivity contribution in [3.8, 4) is 5.69 Å². The zero-order valence-corrected chi connectivity index (χ0v) is 13.2. The standard InChI is InChI=1S/C15H20N4OS/c1-12(2)21-15-17-16-14(18-8-10-20-11-9-18)19(15)13-6-4-3-5-7-13/h3-7,12H,8-11H2,1-2H3. The molecule has 0 saturated carbocycles. The molecule has 0 spiro atoms. The van der Waals surface area contributed by atoms with Crippen LogP contribution in [0.5, 0.6) is 0 Å². The minimum atomic E-state index is 0.467. The Morgan fingerprint density at radius 1 is 1.10 bits per heavy atom. The molecule has 0 amide bonds. The fourth-order valence-corrected chi connectivity index (χ4v) is 3.12. The van der Waals surface area contributed by atoms with Gasteiger partial charge in [0.25, 0.3) is 0 Å². The Morgan fingerprint density at radius 2 is 1.81 bits per heavy atom. The van der Waals surface area contributed by atoms with Gasteiger partial charge in [-0.3, -0.25) is 4.57 Å². The molecule has 1 aliphatic heterocycles. The zero-order chi connectivity index (χ0) is 14.7. The molecule has 1 aromatic carbocycles. The molecule has 2 heterocycles. The van der Waals surface area contributed by atoms with Gasteiger partial charge in [-0.1, -0.05) is 43.8 Å². The van der Waals surface area contributed by atoms with Gasteiger partial charge >= 0.3 is 0 Å². The van der Waals surface area contributed by atoms with Crippen LogP contribution in [0.25, 0.3) is 5.69 Å².